The number of hydrogen-bond donors (Lipinski definition) is 1. The summed E-state index contributed by atoms with van der Waals surface area (Å²) in [6, 6.07) is 14.8. The van der Waals surface area contributed by atoms with Crippen molar-refractivity contribution >= 4 is 44.0 Å². The molecule has 0 spiro atoms. The molecule has 0 radical (unpaired) electrons. The van der Waals surface area contributed by atoms with Crippen LogP contribution in [0.3, 0.4) is 0 Å². The predicted octanol–water partition coefficient (Wildman–Crippen LogP) is 4.17. The van der Waals surface area contributed by atoms with E-state index in [4.69, 9.17) is 11.6 Å². The number of hydrogen-bond acceptors (Lipinski definition) is 6. The molecule has 0 saturated carbocycles. The van der Waals surface area contributed by atoms with Crippen molar-refractivity contribution in [1.82, 2.24) is 19.3 Å². The molecule has 1 N–H and O–H groups in total. The lowest BCUT2D eigenvalue weighted by Gasteiger charge is -2.29. The molecule has 4 aromatic rings. The quantitative estimate of drug-likeness (QED) is 0.468. The van der Waals surface area contributed by atoms with Crippen molar-refractivity contribution in [3.05, 3.63) is 83.4 Å². The van der Waals surface area contributed by atoms with E-state index in [0.29, 0.717) is 18.8 Å². The van der Waals surface area contributed by atoms with Gasteiger partial charge in [0.15, 0.2) is 0 Å². The van der Waals surface area contributed by atoms with E-state index in [9.17, 15) is 8.42 Å². The fourth-order valence-electron chi connectivity index (χ4n) is 3.76. The minimum Gasteiger partial charge on any atom is -0.339 e. The van der Waals surface area contributed by atoms with Crippen LogP contribution in [0, 0.1) is 0 Å². The van der Waals surface area contributed by atoms with Crippen molar-refractivity contribution in [1.29, 1.82) is 0 Å². The molecule has 1 aliphatic rings. The van der Waals surface area contributed by atoms with Gasteiger partial charge in [-0.05, 0) is 42.3 Å². The number of anilines is 2. The van der Waals surface area contributed by atoms with E-state index in [2.05, 4.69) is 20.3 Å². The number of nitrogens with zero attached hydrogens (tertiary/aromatic N) is 4. The number of aromatic nitrogens is 3. The number of para-hydroxylation sites is 1. The summed E-state index contributed by atoms with van der Waals surface area (Å²) in [5.41, 5.74) is 3.66. The van der Waals surface area contributed by atoms with Crippen LogP contribution in [0.25, 0.3) is 10.9 Å². The first kappa shape index (κ1) is 19.9. The van der Waals surface area contributed by atoms with Gasteiger partial charge in [0.1, 0.15) is 15.9 Å². The summed E-state index contributed by atoms with van der Waals surface area (Å²) >= 11 is 6.04. The van der Waals surface area contributed by atoms with Crippen LogP contribution in [0.15, 0.2) is 72.0 Å². The largest absolute Gasteiger partial charge is 0.339 e. The molecular formula is C22H18ClN5O2S. The van der Waals surface area contributed by atoms with Gasteiger partial charge in [-0.2, -0.15) is 4.31 Å². The van der Waals surface area contributed by atoms with Gasteiger partial charge < -0.3 is 5.32 Å². The van der Waals surface area contributed by atoms with Gasteiger partial charge in [0.25, 0.3) is 0 Å². The van der Waals surface area contributed by atoms with Crippen LogP contribution in [0.2, 0.25) is 5.15 Å². The molecule has 0 atom stereocenters. The van der Waals surface area contributed by atoms with Gasteiger partial charge in [0.2, 0.25) is 10.0 Å². The topological polar surface area (TPSA) is 88.1 Å². The third-order valence-electron chi connectivity index (χ3n) is 5.31. The van der Waals surface area contributed by atoms with E-state index in [-0.39, 0.29) is 16.6 Å². The van der Waals surface area contributed by atoms with E-state index in [1.54, 1.807) is 18.5 Å². The zero-order valence-electron chi connectivity index (χ0n) is 16.4. The van der Waals surface area contributed by atoms with Crippen LogP contribution in [0.5, 0.6) is 0 Å². The smallest absolute Gasteiger partial charge is 0.246 e. The van der Waals surface area contributed by atoms with Crippen LogP contribution in [-0.4, -0.2) is 34.2 Å². The van der Waals surface area contributed by atoms with Crippen LogP contribution < -0.4 is 5.32 Å². The lowest BCUT2D eigenvalue weighted by atomic mass is 10.0. The van der Waals surface area contributed by atoms with Crippen molar-refractivity contribution in [2.24, 2.45) is 0 Å². The Morgan fingerprint density at radius 1 is 1.00 bits per heavy atom. The molecule has 0 saturated heterocycles. The molecule has 4 heterocycles. The molecule has 7 nitrogen and oxygen atoms in total. The first-order valence-corrected chi connectivity index (χ1v) is 11.5. The summed E-state index contributed by atoms with van der Waals surface area (Å²) < 4.78 is 27.6. The molecule has 0 fully saturated rings. The van der Waals surface area contributed by atoms with Gasteiger partial charge in [0.05, 0.1) is 17.4 Å². The lowest BCUT2D eigenvalue weighted by molar-refractivity contribution is 0.391. The molecule has 31 heavy (non-hydrogen) atoms. The fraction of sp³-hybridized carbons (Fsp3) is 0.136. The van der Waals surface area contributed by atoms with E-state index >= 15 is 0 Å². The summed E-state index contributed by atoms with van der Waals surface area (Å²) in [5, 5.41) is 4.36. The SMILES string of the molecule is O=S(=O)(c1cccnc1Cl)N1CCc2c(ccnc2Nc2cnc3ccccc3c2)C1. The van der Waals surface area contributed by atoms with Gasteiger partial charge in [-0.3, -0.25) is 4.98 Å². The maximum absolute atomic E-state index is 13.1. The molecule has 9 heteroatoms. The number of sulfonamides is 1. The van der Waals surface area contributed by atoms with Crippen LogP contribution in [0.4, 0.5) is 11.5 Å². The Balaban J connectivity index is 1.43. The summed E-state index contributed by atoms with van der Waals surface area (Å²) in [6.07, 6.45) is 5.46. The standard InChI is InChI=1S/C22H18ClN5O2S/c23-21-20(6-3-9-24-21)31(29,30)28-11-8-18-16(14-28)7-10-25-22(18)27-17-12-15-4-1-2-5-19(15)26-13-17/h1-7,9-10,12-13H,8,11,14H2,(H,25,27). The molecule has 0 unspecified atom stereocenters. The third-order valence-corrected chi connectivity index (χ3v) is 7.60. The Morgan fingerprint density at radius 3 is 2.74 bits per heavy atom. The second-order valence-corrected chi connectivity index (χ2v) is 9.48. The maximum Gasteiger partial charge on any atom is 0.246 e. The molecule has 3 aromatic heterocycles. The van der Waals surface area contributed by atoms with E-state index < -0.39 is 10.0 Å². The zero-order chi connectivity index (χ0) is 21.4. The Morgan fingerprint density at radius 2 is 1.87 bits per heavy atom. The van der Waals surface area contributed by atoms with Gasteiger partial charge in [0, 0.05) is 36.4 Å². The minimum atomic E-state index is -3.74. The number of benzene rings is 1. The van der Waals surface area contributed by atoms with Gasteiger partial charge in [-0.1, -0.05) is 29.8 Å². The molecule has 1 aliphatic heterocycles. The van der Waals surface area contributed by atoms with Crippen molar-refractivity contribution in [3.8, 4) is 0 Å². The molecule has 156 valence electrons. The maximum atomic E-state index is 13.1. The number of fused-ring (bicyclic) bond motifs is 2. The Kier molecular flexibility index (Phi) is 5.05. The number of pyridine rings is 3. The van der Waals surface area contributed by atoms with Crippen LogP contribution >= 0.6 is 11.6 Å². The highest BCUT2D eigenvalue weighted by molar-refractivity contribution is 7.89. The second kappa shape index (κ2) is 7.88. The molecular weight excluding hydrogens is 434 g/mol. The third kappa shape index (κ3) is 3.74. The average molecular weight is 452 g/mol. The van der Waals surface area contributed by atoms with Crippen molar-refractivity contribution < 1.29 is 8.42 Å². The highest BCUT2D eigenvalue weighted by Gasteiger charge is 2.31. The van der Waals surface area contributed by atoms with Crippen molar-refractivity contribution in [2.45, 2.75) is 17.9 Å². The number of rotatable bonds is 4. The molecule has 0 bridgehead atoms. The summed E-state index contributed by atoms with van der Waals surface area (Å²) in [5.74, 6) is 0.714. The van der Waals surface area contributed by atoms with Crippen LogP contribution in [0.1, 0.15) is 11.1 Å². The van der Waals surface area contributed by atoms with Gasteiger partial charge in [-0.15, -0.1) is 0 Å². The zero-order valence-corrected chi connectivity index (χ0v) is 17.9. The predicted molar refractivity (Wildman–Crippen MR) is 120 cm³/mol. The normalized spacial score (nSPS) is 14.4. The van der Waals surface area contributed by atoms with Gasteiger partial charge >= 0.3 is 0 Å². The minimum absolute atomic E-state index is 0.0193. The highest BCUT2D eigenvalue weighted by Crippen LogP contribution is 2.31. The van der Waals surface area contributed by atoms with Crippen molar-refractivity contribution in [3.63, 3.8) is 0 Å². The Bertz CT molecular complexity index is 1390. The average Bonchev–Trinajstić information content (AvgIpc) is 2.79. The Labute approximate surface area is 184 Å². The molecule has 1 aromatic carbocycles. The number of nitrogens with one attached hydrogen (secondary N) is 1. The first-order valence-electron chi connectivity index (χ1n) is 9.71. The summed E-state index contributed by atoms with van der Waals surface area (Å²) in [4.78, 5) is 12.9. The summed E-state index contributed by atoms with van der Waals surface area (Å²) in [7, 11) is -3.74. The summed E-state index contributed by atoms with van der Waals surface area (Å²) in [6.45, 7) is 0.576. The molecule has 5 rings (SSSR count). The van der Waals surface area contributed by atoms with E-state index in [1.807, 2.05) is 36.4 Å². The van der Waals surface area contributed by atoms with E-state index in [1.165, 1.54) is 16.6 Å². The molecule has 0 amide bonds. The number of halogens is 1. The van der Waals surface area contributed by atoms with Crippen LogP contribution in [-0.2, 0) is 23.0 Å². The highest BCUT2D eigenvalue weighted by atomic mass is 35.5. The monoisotopic (exact) mass is 451 g/mol. The van der Waals surface area contributed by atoms with E-state index in [0.717, 1.165) is 27.7 Å². The fourth-order valence-corrected chi connectivity index (χ4v) is 5.60. The second-order valence-electron chi connectivity index (χ2n) is 7.22. The first-order chi connectivity index (χ1) is 15.0. The Hall–Kier alpha value is -3.07. The van der Waals surface area contributed by atoms with Gasteiger partial charge in [-0.25, -0.2) is 18.4 Å². The lowest BCUT2D eigenvalue weighted by Crippen LogP contribution is -2.36. The van der Waals surface area contributed by atoms with Crippen molar-refractivity contribution in [2.75, 3.05) is 11.9 Å². The molecule has 0 aliphatic carbocycles.